The van der Waals surface area contributed by atoms with Crippen LogP contribution in [0.15, 0.2) is 16.2 Å². The molecule has 0 aromatic carbocycles. The van der Waals surface area contributed by atoms with Gasteiger partial charge in [-0.15, -0.1) is 16.4 Å². The van der Waals surface area contributed by atoms with E-state index in [1.165, 1.54) is 15.9 Å². The lowest BCUT2D eigenvalue weighted by Crippen LogP contribution is -2.15. The first kappa shape index (κ1) is 18.0. The van der Waals surface area contributed by atoms with Gasteiger partial charge in [-0.05, 0) is 6.42 Å². The molecule has 3 aromatic heterocycles. The highest BCUT2D eigenvalue weighted by Crippen LogP contribution is 2.25. The van der Waals surface area contributed by atoms with Crippen molar-refractivity contribution < 1.29 is 0 Å². The van der Waals surface area contributed by atoms with E-state index in [1.54, 1.807) is 17.4 Å². The van der Waals surface area contributed by atoms with Crippen molar-refractivity contribution in [2.45, 2.75) is 52.4 Å². The fraction of sp³-hybridized carbons (Fsp3) is 0.529. The number of thiazole rings is 1. The van der Waals surface area contributed by atoms with Gasteiger partial charge in [-0.1, -0.05) is 45.5 Å². The third-order valence-corrected chi connectivity index (χ3v) is 5.84. The van der Waals surface area contributed by atoms with Crippen LogP contribution in [0.1, 0.15) is 50.5 Å². The predicted octanol–water partition coefficient (Wildman–Crippen LogP) is 3.51. The summed E-state index contributed by atoms with van der Waals surface area (Å²) in [5.74, 6) is 0. The molecule has 0 atom stereocenters. The Morgan fingerprint density at radius 2 is 2.00 bits per heavy atom. The largest absolute Gasteiger partial charge is 0.360 e. The summed E-state index contributed by atoms with van der Waals surface area (Å²) in [7, 11) is 0. The molecule has 3 aromatic rings. The van der Waals surface area contributed by atoms with Gasteiger partial charge in [0.25, 0.3) is 5.56 Å². The Bertz CT molecular complexity index is 919. The molecule has 0 unspecified atom stereocenters. The second-order valence-corrected chi connectivity index (χ2v) is 8.82. The number of aryl methyl sites for hydroxylation is 1. The first-order valence-electron chi connectivity index (χ1n) is 8.45. The highest BCUT2D eigenvalue weighted by atomic mass is 32.1. The number of hydrogen-bond acceptors (Lipinski definition) is 7. The molecule has 3 heterocycles. The molecular weight excluding hydrogens is 354 g/mol. The molecule has 1 N–H and O–H groups in total. The number of fused-ring (bicyclic) bond motifs is 1. The average Bonchev–Trinajstić information content (AvgIpc) is 3.14. The molecule has 25 heavy (non-hydrogen) atoms. The first-order chi connectivity index (χ1) is 11.9. The van der Waals surface area contributed by atoms with Crippen LogP contribution in [-0.4, -0.2) is 26.1 Å². The molecule has 8 heteroatoms. The van der Waals surface area contributed by atoms with Crippen molar-refractivity contribution in [3.05, 3.63) is 38.2 Å². The Morgan fingerprint density at radius 3 is 2.68 bits per heavy atom. The normalized spacial score (nSPS) is 12.0. The third-order valence-electron chi connectivity index (χ3n) is 3.65. The summed E-state index contributed by atoms with van der Waals surface area (Å²) in [6, 6.07) is 1.57. The molecule has 134 valence electrons. The van der Waals surface area contributed by atoms with Gasteiger partial charge in [0, 0.05) is 35.5 Å². The van der Waals surface area contributed by atoms with Crippen molar-refractivity contribution >= 4 is 32.8 Å². The molecule has 0 spiro atoms. The summed E-state index contributed by atoms with van der Waals surface area (Å²) >= 11 is 3.12. The third kappa shape index (κ3) is 4.24. The van der Waals surface area contributed by atoms with Crippen LogP contribution >= 0.6 is 22.7 Å². The van der Waals surface area contributed by atoms with Gasteiger partial charge < -0.3 is 5.32 Å². The van der Waals surface area contributed by atoms with Gasteiger partial charge >= 0.3 is 0 Å². The van der Waals surface area contributed by atoms with E-state index in [1.807, 2.05) is 0 Å². The maximum absolute atomic E-state index is 12.1. The molecule has 0 amide bonds. The molecule has 6 nitrogen and oxygen atoms in total. The van der Waals surface area contributed by atoms with E-state index in [0.717, 1.165) is 42.2 Å². The Hall–Kier alpha value is -1.80. The summed E-state index contributed by atoms with van der Waals surface area (Å²) in [6.45, 7) is 9.32. The van der Waals surface area contributed by atoms with E-state index in [2.05, 4.69) is 48.5 Å². The van der Waals surface area contributed by atoms with Gasteiger partial charge in [0.15, 0.2) is 0 Å². The van der Waals surface area contributed by atoms with Crippen LogP contribution in [0, 0.1) is 0 Å². The van der Waals surface area contributed by atoms with Crippen molar-refractivity contribution in [3.8, 4) is 0 Å². The molecule has 0 radical (unpaired) electrons. The van der Waals surface area contributed by atoms with E-state index in [-0.39, 0.29) is 11.0 Å². The zero-order valence-electron chi connectivity index (χ0n) is 15.0. The molecule has 0 aliphatic rings. The lowest BCUT2D eigenvalue weighted by Gasteiger charge is -2.13. The minimum atomic E-state index is -0.118. The quantitative estimate of drug-likeness (QED) is 0.712. The minimum absolute atomic E-state index is 0.0897. The maximum Gasteiger partial charge on any atom is 0.275 e. The zero-order valence-corrected chi connectivity index (χ0v) is 16.6. The summed E-state index contributed by atoms with van der Waals surface area (Å²) in [6.07, 6.45) is 2.61. The van der Waals surface area contributed by atoms with Crippen molar-refractivity contribution in [1.29, 1.82) is 0 Å². The Morgan fingerprint density at radius 1 is 1.20 bits per heavy atom. The zero-order chi connectivity index (χ0) is 18.0. The molecule has 0 saturated carbocycles. The Labute approximate surface area is 155 Å². The second kappa shape index (κ2) is 7.21. The summed E-state index contributed by atoms with van der Waals surface area (Å²) < 4.78 is 1.37. The van der Waals surface area contributed by atoms with Crippen molar-refractivity contribution in [1.82, 2.24) is 19.6 Å². The van der Waals surface area contributed by atoms with Gasteiger partial charge in [0.1, 0.15) is 0 Å². The lowest BCUT2D eigenvalue weighted by molar-refractivity contribution is 0.583. The highest BCUT2D eigenvalue weighted by Gasteiger charge is 2.17. The van der Waals surface area contributed by atoms with Crippen LogP contribution in [0.2, 0.25) is 0 Å². The summed E-state index contributed by atoms with van der Waals surface area (Å²) in [5.41, 5.74) is 1.89. The number of nitrogens with zero attached hydrogens (tertiary/aromatic N) is 4. The fourth-order valence-corrected chi connectivity index (χ4v) is 4.17. The monoisotopic (exact) mass is 377 g/mol. The number of aromatic nitrogens is 4. The number of rotatable bonds is 6. The maximum atomic E-state index is 12.1. The molecule has 0 fully saturated rings. The van der Waals surface area contributed by atoms with Crippen molar-refractivity contribution in [2.75, 3.05) is 11.9 Å². The van der Waals surface area contributed by atoms with E-state index in [9.17, 15) is 4.79 Å². The smallest absolute Gasteiger partial charge is 0.275 e. The SMILES string of the molecule is CCCc1cc(=O)n2nc(NCCc3csc(C(C)(C)C)n3)sc2n1. The van der Waals surface area contributed by atoms with Gasteiger partial charge in [0.2, 0.25) is 10.1 Å². The topological polar surface area (TPSA) is 72.2 Å². The summed E-state index contributed by atoms with van der Waals surface area (Å²) in [4.78, 5) is 22.0. The number of hydrogen-bond donors (Lipinski definition) is 1. The fourth-order valence-electron chi connectivity index (χ4n) is 2.38. The van der Waals surface area contributed by atoms with Crippen LogP contribution in [0.5, 0.6) is 0 Å². The molecule has 0 aliphatic heterocycles. The van der Waals surface area contributed by atoms with Gasteiger partial charge in [-0.2, -0.15) is 4.52 Å². The number of nitrogens with one attached hydrogen (secondary N) is 1. The van der Waals surface area contributed by atoms with Crippen molar-refractivity contribution in [2.24, 2.45) is 0 Å². The van der Waals surface area contributed by atoms with Crippen molar-refractivity contribution in [3.63, 3.8) is 0 Å². The standard InChI is InChI=1S/C17H23N5OS2/c1-5-6-11-9-13(23)22-16(20-11)25-15(21-22)18-8-7-12-10-24-14(19-12)17(2,3)4/h9-10H,5-8H2,1-4H3,(H,18,21). The minimum Gasteiger partial charge on any atom is -0.360 e. The Balaban J connectivity index is 1.66. The summed E-state index contributed by atoms with van der Waals surface area (Å²) in [5, 5.41) is 11.6. The Kier molecular flexibility index (Phi) is 5.19. The first-order valence-corrected chi connectivity index (χ1v) is 10.1. The van der Waals surface area contributed by atoms with Crippen LogP contribution in [0.3, 0.4) is 0 Å². The lowest BCUT2D eigenvalue weighted by atomic mass is 9.98. The van der Waals surface area contributed by atoms with Crippen LogP contribution < -0.4 is 10.9 Å². The van der Waals surface area contributed by atoms with Crippen LogP contribution in [0.25, 0.3) is 4.96 Å². The van der Waals surface area contributed by atoms with E-state index in [4.69, 9.17) is 4.98 Å². The van der Waals surface area contributed by atoms with Crippen LogP contribution in [0.4, 0.5) is 5.13 Å². The van der Waals surface area contributed by atoms with E-state index in [0.29, 0.717) is 10.1 Å². The molecular formula is C17H23N5OS2. The molecule has 0 bridgehead atoms. The van der Waals surface area contributed by atoms with Gasteiger partial charge in [-0.25, -0.2) is 9.97 Å². The number of anilines is 1. The van der Waals surface area contributed by atoms with Gasteiger partial charge in [-0.3, -0.25) is 4.79 Å². The van der Waals surface area contributed by atoms with E-state index < -0.39 is 0 Å². The van der Waals surface area contributed by atoms with Gasteiger partial charge in [0.05, 0.1) is 10.7 Å². The highest BCUT2D eigenvalue weighted by molar-refractivity contribution is 7.20. The average molecular weight is 378 g/mol. The second-order valence-electron chi connectivity index (χ2n) is 7.01. The predicted molar refractivity (Wildman–Crippen MR) is 104 cm³/mol. The van der Waals surface area contributed by atoms with E-state index >= 15 is 0 Å². The molecule has 3 rings (SSSR count). The molecule has 0 aliphatic carbocycles. The molecule has 0 saturated heterocycles. The van der Waals surface area contributed by atoms with Crippen LogP contribution in [-0.2, 0) is 18.3 Å².